The van der Waals surface area contributed by atoms with Gasteiger partial charge in [0.15, 0.2) is 5.76 Å². The predicted molar refractivity (Wildman–Crippen MR) is 71.7 cm³/mol. The Labute approximate surface area is 114 Å². The summed E-state index contributed by atoms with van der Waals surface area (Å²) in [6, 6.07) is 12.6. The van der Waals surface area contributed by atoms with Gasteiger partial charge in [-0.15, -0.1) is 0 Å². The number of rotatable bonds is 3. The maximum absolute atomic E-state index is 12.9. The van der Waals surface area contributed by atoms with Gasteiger partial charge >= 0.3 is 0 Å². The lowest BCUT2D eigenvalue weighted by Gasteiger charge is -2.06. The molecule has 0 amide bonds. The molecule has 3 rings (SSSR count). The van der Waals surface area contributed by atoms with E-state index in [1.54, 1.807) is 36.6 Å². The molecule has 100 valence electrons. The Bertz CT molecular complexity index is 761. The number of furan rings is 1. The number of aromatic nitrogens is 2. The third-order valence-corrected chi connectivity index (χ3v) is 2.89. The molecule has 0 saturated heterocycles. The van der Waals surface area contributed by atoms with Gasteiger partial charge < -0.3 is 4.42 Å². The van der Waals surface area contributed by atoms with Crippen molar-refractivity contribution in [3.8, 4) is 11.5 Å². The third-order valence-electron chi connectivity index (χ3n) is 2.89. The van der Waals surface area contributed by atoms with E-state index in [0.29, 0.717) is 11.5 Å². The normalized spacial score (nSPS) is 10.7. The molecule has 0 spiro atoms. The van der Waals surface area contributed by atoms with E-state index in [2.05, 4.69) is 5.10 Å². The molecule has 0 aliphatic heterocycles. The van der Waals surface area contributed by atoms with Gasteiger partial charge in [-0.25, -0.2) is 9.07 Å². The molecule has 20 heavy (non-hydrogen) atoms. The molecule has 4 nitrogen and oxygen atoms in total. The summed E-state index contributed by atoms with van der Waals surface area (Å²) in [5.74, 6) is 0.288. The van der Waals surface area contributed by atoms with Gasteiger partial charge in [0, 0.05) is 6.07 Å². The van der Waals surface area contributed by atoms with Crippen LogP contribution < -0.4 is 5.56 Å². The van der Waals surface area contributed by atoms with Gasteiger partial charge in [-0.1, -0.05) is 12.1 Å². The molecule has 0 atom stereocenters. The van der Waals surface area contributed by atoms with Crippen molar-refractivity contribution in [1.29, 1.82) is 0 Å². The van der Waals surface area contributed by atoms with E-state index in [9.17, 15) is 9.18 Å². The van der Waals surface area contributed by atoms with E-state index in [0.717, 1.165) is 5.56 Å². The maximum Gasteiger partial charge on any atom is 0.267 e. The fraction of sp³-hybridized carbons (Fsp3) is 0.0667. The van der Waals surface area contributed by atoms with E-state index >= 15 is 0 Å². The number of nitrogens with zero attached hydrogens (tertiary/aromatic N) is 2. The Balaban J connectivity index is 1.95. The van der Waals surface area contributed by atoms with Crippen LogP contribution in [0.4, 0.5) is 4.39 Å². The zero-order valence-electron chi connectivity index (χ0n) is 10.5. The molecule has 0 radical (unpaired) electrons. The van der Waals surface area contributed by atoms with Crippen LogP contribution in [0.3, 0.4) is 0 Å². The fourth-order valence-electron chi connectivity index (χ4n) is 1.88. The van der Waals surface area contributed by atoms with Crippen molar-refractivity contribution >= 4 is 0 Å². The summed E-state index contributed by atoms with van der Waals surface area (Å²) in [5.41, 5.74) is 1.17. The van der Waals surface area contributed by atoms with Crippen molar-refractivity contribution in [2.75, 3.05) is 0 Å². The highest BCUT2D eigenvalue weighted by Crippen LogP contribution is 2.15. The van der Waals surface area contributed by atoms with Crippen LogP contribution in [0.15, 0.2) is 64.0 Å². The van der Waals surface area contributed by atoms with Crippen molar-refractivity contribution in [3.05, 3.63) is 76.5 Å². The first-order valence-electron chi connectivity index (χ1n) is 6.09. The first kappa shape index (κ1) is 12.3. The molecular formula is C15H11FN2O2. The zero-order valence-corrected chi connectivity index (χ0v) is 10.5. The SMILES string of the molecule is O=c1ccc(-c2ccco2)nn1Cc1ccc(F)cc1. The second-order valence-corrected chi connectivity index (χ2v) is 4.32. The van der Waals surface area contributed by atoms with E-state index in [1.807, 2.05) is 0 Å². The minimum absolute atomic E-state index is 0.218. The average Bonchev–Trinajstić information content (AvgIpc) is 2.98. The molecule has 0 saturated carbocycles. The van der Waals surface area contributed by atoms with Gasteiger partial charge in [-0.2, -0.15) is 5.10 Å². The minimum Gasteiger partial charge on any atom is -0.463 e. The van der Waals surface area contributed by atoms with Crippen molar-refractivity contribution in [1.82, 2.24) is 9.78 Å². The summed E-state index contributed by atoms with van der Waals surface area (Å²) in [5, 5.41) is 4.25. The third kappa shape index (κ3) is 2.51. The van der Waals surface area contributed by atoms with Crippen LogP contribution in [0.1, 0.15) is 5.56 Å². The first-order chi connectivity index (χ1) is 9.72. The molecule has 5 heteroatoms. The van der Waals surface area contributed by atoms with Crippen LogP contribution in [-0.4, -0.2) is 9.78 Å². The molecule has 1 aromatic carbocycles. The van der Waals surface area contributed by atoms with E-state index in [1.165, 1.54) is 22.9 Å². The molecule has 3 aromatic rings. The monoisotopic (exact) mass is 270 g/mol. The van der Waals surface area contributed by atoms with Crippen molar-refractivity contribution < 1.29 is 8.81 Å². The van der Waals surface area contributed by atoms with Crippen molar-refractivity contribution in [2.24, 2.45) is 0 Å². The molecule has 0 bridgehead atoms. The highest BCUT2D eigenvalue weighted by Gasteiger charge is 2.06. The molecule has 0 N–H and O–H groups in total. The highest BCUT2D eigenvalue weighted by molar-refractivity contribution is 5.50. The molecule has 2 heterocycles. The first-order valence-corrected chi connectivity index (χ1v) is 6.09. The summed E-state index contributed by atoms with van der Waals surface area (Å²) in [6.07, 6.45) is 1.55. The maximum atomic E-state index is 12.9. The van der Waals surface area contributed by atoms with Crippen molar-refractivity contribution in [3.63, 3.8) is 0 Å². The average molecular weight is 270 g/mol. The number of hydrogen-bond acceptors (Lipinski definition) is 3. The second-order valence-electron chi connectivity index (χ2n) is 4.32. The summed E-state index contributed by atoms with van der Waals surface area (Å²) in [6.45, 7) is 0.285. The highest BCUT2D eigenvalue weighted by atomic mass is 19.1. The smallest absolute Gasteiger partial charge is 0.267 e. The van der Waals surface area contributed by atoms with Gasteiger partial charge in [0.1, 0.15) is 11.5 Å². The van der Waals surface area contributed by atoms with E-state index < -0.39 is 0 Å². The quantitative estimate of drug-likeness (QED) is 0.735. The Morgan fingerprint density at radius 1 is 1.10 bits per heavy atom. The molecule has 0 unspecified atom stereocenters. The molecule has 0 aliphatic carbocycles. The van der Waals surface area contributed by atoms with Gasteiger partial charge in [0.05, 0.1) is 12.8 Å². The van der Waals surface area contributed by atoms with Crippen molar-refractivity contribution in [2.45, 2.75) is 6.54 Å². The van der Waals surface area contributed by atoms with Crippen LogP contribution >= 0.6 is 0 Å². The summed E-state index contributed by atoms with van der Waals surface area (Å²) < 4.78 is 19.4. The largest absolute Gasteiger partial charge is 0.463 e. The summed E-state index contributed by atoms with van der Waals surface area (Å²) >= 11 is 0. The van der Waals surface area contributed by atoms with Gasteiger partial charge in [-0.3, -0.25) is 4.79 Å². The predicted octanol–water partition coefficient (Wildman–Crippen LogP) is 2.69. The van der Waals surface area contributed by atoms with Gasteiger partial charge in [-0.05, 0) is 35.9 Å². The molecule has 0 fully saturated rings. The van der Waals surface area contributed by atoms with Gasteiger partial charge in [0.25, 0.3) is 5.56 Å². The standard InChI is InChI=1S/C15H11FN2O2/c16-12-5-3-11(4-6-12)10-18-15(19)8-7-13(17-18)14-2-1-9-20-14/h1-9H,10H2. The summed E-state index contributed by atoms with van der Waals surface area (Å²) in [4.78, 5) is 11.8. The Kier molecular flexibility index (Phi) is 3.16. The van der Waals surface area contributed by atoms with E-state index in [-0.39, 0.29) is 17.9 Å². The number of hydrogen-bond donors (Lipinski definition) is 0. The van der Waals surface area contributed by atoms with Crippen LogP contribution in [0, 0.1) is 5.82 Å². The second kappa shape index (κ2) is 5.13. The van der Waals surface area contributed by atoms with Crippen LogP contribution in [0.2, 0.25) is 0 Å². The van der Waals surface area contributed by atoms with Crippen LogP contribution in [0.25, 0.3) is 11.5 Å². The van der Waals surface area contributed by atoms with E-state index in [4.69, 9.17) is 4.42 Å². The zero-order chi connectivity index (χ0) is 13.9. The molecule has 0 aliphatic rings. The topological polar surface area (TPSA) is 48.0 Å². The Hall–Kier alpha value is -2.69. The van der Waals surface area contributed by atoms with Gasteiger partial charge in [0.2, 0.25) is 0 Å². The summed E-state index contributed by atoms with van der Waals surface area (Å²) in [7, 11) is 0. The molecular weight excluding hydrogens is 259 g/mol. The van der Waals surface area contributed by atoms with Crippen LogP contribution in [-0.2, 0) is 6.54 Å². The number of halogens is 1. The molecule has 2 aromatic heterocycles. The number of benzene rings is 1. The lowest BCUT2D eigenvalue weighted by atomic mass is 10.2. The lowest BCUT2D eigenvalue weighted by Crippen LogP contribution is -2.22. The fourth-order valence-corrected chi connectivity index (χ4v) is 1.88. The van der Waals surface area contributed by atoms with Crippen LogP contribution in [0.5, 0.6) is 0 Å². The lowest BCUT2D eigenvalue weighted by molar-refractivity contribution is 0.569. The Morgan fingerprint density at radius 3 is 2.60 bits per heavy atom. The minimum atomic E-state index is -0.307. The Morgan fingerprint density at radius 2 is 1.90 bits per heavy atom.